The summed E-state index contributed by atoms with van der Waals surface area (Å²) in [4.78, 5) is 0. The van der Waals surface area contributed by atoms with E-state index in [1.54, 1.807) is 0 Å². The summed E-state index contributed by atoms with van der Waals surface area (Å²) < 4.78 is 14.6. The zero-order valence-electron chi connectivity index (χ0n) is 26.1. The summed E-state index contributed by atoms with van der Waals surface area (Å²) in [6.45, 7) is 14.6. The van der Waals surface area contributed by atoms with Crippen molar-refractivity contribution in [1.82, 2.24) is 0 Å². The van der Waals surface area contributed by atoms with Crippen LogP contribution in [0.4, 0.5) is 0 Å². The molecular weight excluding hydrogens is 547 g/mol. The molecule has 0 amide bonds. The van der Waals surface area contributed by atoms with Crippen LogP contribution in [-0.2, 0) is 8.85 Å². The smallest absolute Gasteiger partial charge is 0.263 e. The molecule has 42 heavy (non-hydrogen) atoms. The second-order valence-electron chi connectivity index (χ2n) is 14.1. The van der Waals surface area contributed by atoms with Gasteiger partial charge < -0.3 is 14.6 Å². The summed E-state index contributed by atoms with van der Waals surface area (Å²) in [5, 5.41) is 4.99. The summed E-state index contributed by atoms with van der Waals surface area (Å²) in [7, 11) is -5.33. The van der Waals surface area contributed by atoms with Crippen LogP contribution in [0, 0.1) is 5.92 Å². The Morgan fingerprint density at radius 2 is 0.881 bits per heavy atom. The molecule has 0 spiro atoms. The van der Waals surface area contributed by atoms with E-state index in [0.29, 0.717) is 12.5 Å². The lowest BCUT2D eigenvalue weighted by Gasteiger charge is -2.54. The molecule has 0 atom stereocenters. The van der Waals surface area contributed by atoms with E-state index in [-0.39, 0.29) is 10.1 Å². The first kappa shape index (κ1) is 30.6. The van der Waals surface area contributed by atoms with E-state index < -0.39 is 22.4 Å². The molecule has 0 aliphatic heterocycles. The monoisotopic (exact) mass is 593 g/mol. The Labute approximate surface area is 255 Å². The Morgan fingerprint density at radius 3 is 1.19 bits per heavy atom. The summed E-state index contributed by atoms with van der Waals surface area (Å²) in [6.07, 6.45) is 1.57. The molecular formula is C37H47NO2Si2. The molecule has 0 saturated heterocycles. The molecule has 4 aromatic carbocycles. The van der Waals surface area contributed by atoms with Gasteiger partial charge in [-0.25, -0.2) is 0 Å². The van der Waals surface area contributed by atoms with Gasteiger partial charge in [0, 0.05) is 6.61 Å². The van der Waals surface area contributed by atoms with Crippen molar-refractivity contribution in [3.63, 3.8) is 0 Å². The van der Waals surface area contributed by atoms with Gasteiger partial charge in [0.1, 0.15) is 5.72 Å². The average Bonchev–Trinajstić information content (AvgIpc) is 2.96. The average molecular weight is 594 g/mol. The zero-order valence-corrected chi connectivity index (χ0v) is 28.1. The topological polar surface area (TPSA) is 44.5 Å². The van der Waals surface area contributed by atoms with Crippen LogP contribution in [0.15, 0.2) is 121 Å². The molecule has 0 radical (unpaired) electrons. The Hall–Kier alpha value is -2.81. The van der Waals surface area contributed by atoms with Gasteiger partial charge in [0.15, 0.2) is 0 Å². The van der Waals surface area contributed by atoms with Gasteiger partial charge in [-0.15, -0.1) is 0 Å². The first-order chi connectivity index (χ1) is 19.9. The van der Waals surface area contributed by atoms with Crippen molar-refractivity contribution < 1.29 is 8.85 Å². The van der Waals surface area contributed by atoms with E-state index in [1.165, 1.54) is 20.7 Å². The van der Waals surface area contributed by atoms with Crippen LogP contribution in [0.5, 0.6) is 0 Å². The van der Waals surface area contributed by atoms with Crippen molar-refractivity contribution in [2.45, 2.75) is 70.2 Å². The van der Waals surface area contributed by atoms with Gasteiger partial charge in [0.2, 0.25) is 0 Å². The summed E-state index contributed by atoms with van der Waals surface area (Å²) >= 11 is 0. The maximum atomic E-state index is 7.37. The largest absolute Gasteiger partial charge is 0.407 e. The van der Waals surface area contributed by atoms with E-state index in [2.05, 4.69) is 163 Å². The molecule has 0 aromatic heterocycles. The fourth-order valence-electron chi connectivity index (χ4n) is 7.08. The van der Waals surface area contributed by atoms with Crippen molar-refractivity contribution in [3.8, 4) is 0 Å². The summed E-state index contributed by atoms with van der Waals surface area (Å²) in [5.74, 6) is 0.342. The zero-order chi connectivity index (χ0) is 30.1. The lowest BCUT2D eigenvalue weighted by atomic mass is 9.78. The Morgan fingerprint density at radius 1 is 0.571 bits per heavy atom. The molecule has 1 aliphatic rings. The lowest BCUT2D eigenvalue weighted by Crippen LogP contribution is -2.73. The summed E-state index contributed by atoms with van der Waals surface area (Å²) in [6, 6.07) is 43.3. The molecule has 0 heterocycles. The maximum absolute atomic E-state index is 7.37. The number of rotatable bonds is 9. The highest BCUT2D eigenvalue weighted by Gasteiger charge is 2.57. The molecule has 3 nitrogen and oxygen atoms in total. The predicted molar refractivity (Wildman–Crippen MR) is 182 cm³/mol. The van der Waals surface area contributed by atoms with Crippen LogP contribution >= 0.6 is 0 Å². The van der Waals surface area contributed by atoms with E-state index in [4.69, 9.17) is 14.6 Å². The molecule has 1 fully saturated rings. The van der Waals surface area contributed by atoms with Crippen LogP contribution in [0.25, 0.3) is 0 Å². The fraction of sp³-hybridized carbons (Fsp3) is 0.351. The van der Waals surface area contributed by atoms with Crippen LogP contribution in [-0.4, -0.2) is 29.0 Å². The molecule has 5 heteroatoms. The predicted octanol–water partition coefficient (Wildman–Crippen LogP) is 6.20. The van der Waals surface area contributed by atoms with Gasteiger partial charge in [0.05, 0.1) is 0 Å². The van der Waals surface area contributed by atoms with Gasteiger partial charge in [-0.05, 0) is 49.6 Å². The minimum absolute atomic E-state index is 0.0509. The van der Waals surface area contributed by atoms with Gasteiger partial charge in [-0.1, -0.05) is 163 Å². The van der Waals surface area contributed by atoms with E-state index >= 15 is 0 Å². The first-order valence-corrected chi connectivity index (χ1v) is 19.1. The number of benzene rings is 4. The molecule has 5 rings (SSSR count). The lowest BCUT2D eigenvalue weighted by molar-refractivity contribution is -0.0663. The molecule has 2 N–H and O–H groups in total. The second-order valence-corrected chi connectivity index (χ2v) is 22.6. The first-order valence-electron chi connectivity index (χ1n) is 15.3. The van der Waals surface area contributed by atoms with Crippen LogP contribution in [0.2, 0.25) is 10.1 Å². The quantitative estimate of drug-likeness (QED) is 0.186. The van der Waals surface area contributed by atoms with Crippen LogP contribution in [0.1, 0.15) is 54.4 Å². The molecule has 1 aliphatic carbocycles. The molecule has 0 unspecified atom stereocenters. The third kappa shape index (κ3) is 5.61. The fourth-order valence-corrected chi connectivity index (χ4v) is 16.4. The van der Waals surface area contributed by atoms with E-state index in [0.717, 1.165) is 12.8 Å². The normalized spacial score (nSPS) is 19.7. The highest BCUT2D eigenvalue weighted by atomic mass is 28.4. The number of nitrogens with two attached hydrogens (primary N) is 1. The van der Waals surface area contributed by atoms with Crippen LogP contribution in [0.3, 0.4) is 0 Å². The maximum Gasteiger partial charge on any atom is 0.263 e. The molecule has 1 saturated carbocycles. The third-order valence-electron chi connectivity index (χ3n) is 8.99. The Bertz CT molecular complexity index is 1350. The van der Waals surface area contributed by atoms with E-state index in [1.807, 2.05) is 0 Å². The van der Waals surface area contributed by atoms with Gasteiger partial charge >= 0.3 is 0 Å². The second kappa shape index (κ2) is 11.7. The molecule has 4 aromatic rings. The van der Waals surface area contributed by atoms with Gasteiger partial charge in [-0.2, -0.15) is 0 Å². The van der Waals surface area contributed by atoms with Crippen molar-refractivity contribution in [1.29, 1.82) is 0 Å². The minimum Gasteiger partial charge on any atom is -0.407 e. The number of hydrogen-bond donors (Lipinski definition) is 1. The van der Waals surface area contributed by atoms with Crippen molar-refractivity contribution in [2.24, 2.45) is 11.7 Å². The SMILES string of the molecule is CC(C)(C)[Si](OCC1CC(N)(O[Si](c2ccccc2)(c2ccccc2)C(C)(C)C)C1)(c1ccccc1)c1ccccc1. The number of hydrogen-bond acceptors (Lipinski definition) is 3. The highest BCUT2D eigenvalue weighted by Crippen LogP contribution is 2.46. The Balaban J connectivity index is 1.43. The van der Waals surface area contributed by atoms with E-state index in [9.17, 15) is 0 Å². The van der Waals surface area contributed by atoms with Crippen molar-refractivity contribution >= 4 is 37.4 Å². The minimum atomic E-state index is -2.74. The Kier molecular flexibility index (Phi) is 8.54. The third-order valence-corrected chi connectivity index (χ3v) is 19.1. The van der Waals surface area contributed by atoms with Gasteiger partial charge in [0.25, 0.3) is 16.6 Å². The highest BCUT2D eigenvalue weighted by molar-refractivity contribution is 7.00. The standard InChI is InChI=1S/C37H47NO2Si2/c1-35(2,3)41(31-19-11-7-12-20-31,32-21-13-8-14-22-32)39-29-30-27-37(38,28-30)40-42(36(4,5)6,33-23-15-9-16-24-33)34-25-17-10-18-26-34/h7-26,30H,27-29,38H2,1-6H3. The van der Waals surface area contributed by atoms with Gasteiger partial charge in [-0.3, -0.25) is 0 Å². The molecule has 0 bridgehead atoms. The molecule has 220 valence electrons. The summed E-state index contributed by atoms with van der Waals surface area (Å²) in [5.41, 5.74) is 6.48. The van der Waals surface area contributed by atoms with Crippen molar-refractivity contribution in [2.75, 3.05) is 6.61 Å². The van der Waals surface area contributed by atoms with Crippen LogP contribution < -0.4 is 26.5 Å². The van der Waals surface area contributed by atoms with Crippen molar-refractivity contribution in [3.05, 3.63) is 121 Å².